The second-order valence-electron chi connectivity index (χ2n) is 7.94. The molecule has 2 heterocycles. The molecule has 31 heavy (non-hydrogen) atoms. The van der Waals surface area contributed by atoms with Gasteiger partial charge in [0.2, 0.25) is 5.91 Å². The number of urea groups is 1. The van der Waals surface area contributed by atoms with E-state index >= 15 is 0 Å². The van der Waals surface area contributed by atoms with Crippen LogP contribution in [0.3, 0.4) is 0 Å². The number of hydrogen-bond acceptors (Lipinski definition) is 4. The van der Waals surface area contributed by atoms with Gasteiger partial charge >= 0.3 is 6.03 Å². The number of amides is 4. The summed E-state index contributed by atoms with van der Waals surface area (Å²) in [5.41, 5.74) is 6.89. The summed E-state index contributed by atoms with van der Waals surface area (Å²) in [6.07, 6.45) is 1.69. The molecule has 2 aromatic rings. The number of piperidine rings is 1. The van der Waals surface area contributed by atoms with E-state index in [4.69, 9.17) is 17.3 Å². The smallest absolute Gasteiger partial charge is 0.342 e. The first-order valence-corrected chi connectivity index (χ1v) is 10.5. The zero-order chi connectivity index (χ0) is 22.0. The molecule has 8 heteroatoms. The predicted molar refractivity (Wildman–Crippen MR) is 117 cm³/mol. The van der Waals surface area contributed by atoms with Crippen LogP contribution in [0.2, 0.25) is 5.02 Å². The van der Waals surface area contributed by atoms with Crippen LogP contribution >= 0.6 is 11.6 Å². The molecule has 4 amide bonds. The van der Waals surface area contributed by atoms with Gasteiger partial charge < -0.3 is 10.6 Å². The lowest BCUT2D eigenvalue weighted by molar-refractivity contribution is -0.138. The lowest BCUT2D eigenvalue weighted by Gasteiger charge is -2.39. The van der Waals surface area contributed by atoms with Crippen molar-refractivity contribution in [3.05, 3.63) is 70.7 Å². The molecule has 0 radical (unpaired) electrons. The molecule has 1 saturated heterocycles. The number of primary amides is 1. The highest BCUT2D eigenvalue weighted by atomic mass is 35.5. The van der Waals surface area contributed by atoms with E-state index in [1.807, 2.05) is 42.5 Å². The summed E-state index contributed by atoms with van der Waals surface area (Å²) >= 11 is 5.92. The minimum absolute atomic E-state index is 0.0354. The second kappa shape index (κ2) is 8.51. The van der Waals surface area contributed by atoms with Crippen LogP contribution in [0.1, 0.15) is 24.0 Å². The SMILES string of the molecule is NC(=O)N1N=C2CCN(C(=O)CCc3ccc(Cl)cc3)C[C@]2(Cc2ccccc2)C1=O. The van der Waals surface area contributed by atoms with Gasteiger partial charge in [0.15, 0.2) is 0 Å². The normalized spacial score (nSPS) is 20.4. The summed E-state index contributed by atoms with van der Waals surface area (Å²) < 4.78 is 0. The van der Waals surface area contributed by atoms with Crippen LogP contribution in [-0.2, 0) is 22.4 Å². The number of aryl methyl sites for hydroxylation is 1. The van der Waals surface area contributed by atoms with Gasteiger partial charge in [-0.2, -0.15) is 5.10 Å². The first-order chi connectivity index (χ1) is 14.9. The third kappa shape index (κ3) is 4.18. The van der Waals surface area contributed by atoms with Crippen molar-refractivity contribution in [2.75, 3.05) is 13.1 Å². The van der Waals surface area contributed by atoms with Crippen LogP contribution < -0.4 is 5.73 Å². The van der Waals surface area contributed by atoms with E-state index in [0.29, 0.717) is 43.0 Å². The number of benzene rings is 2. The van der Waals surface area contributed by atoms with Crippen molar-refractivity contribution < 1.29 is 14.4 Å². The first-order valence-electron chi connectivity index (χ1n) is 10.2. The quantitative estimate of drug-likeness (QED) is 0.777. The molecule has 2 N–H and O–H groups in total. The number of rotatable bonds is 5. The van der Waals surface area contributed by atoms with Crippen molar-refractivity contribution in [3.63, 3.8) is 0 Å². The van der Waals surface area contributed by atoms with E-state index in [0.717, 1.165) is 16.1 Å². The Balaban J connectivity index is 1.54. The highest BCUT2D eigenvalue weighted by Gasteiger charge is 2.55. The predicted octanol–water partition coefficient (Wildman–Crippen LogP) is 3.01. The summed E-state index contributed by atoms with van der Waals surface area (Å²) in [6.45, 7) is 0.636. The number of nitrogens with zero attached hydrogens (tertiary/aromatic N) is 3. The van der Waals surface area contributed by atoms with Gasteiger partial charge in [0.25, 0.3) is 5.91 Å². The minimum atomic E-state index is -1.06. The number of imide groups is 1. The summed E-state index contributed by atoms with van der Waals surface area (Å²) in [5, 5.41) is 5.63. The number of halogens is 1. The number of carbonyl (C=O) groups excluding carboxylic acids is 3. The first kappa shape index (κ1) is 21.1. The summed E-state index contributed by atoms with van der Waals surface area (Å²) in [6, 6.07) is 16.0. The van der Waals surface area contributed by atoms with Gasteiger partial charge in [0.05, 0.1) is 5.71 Å². The molecular weight excluding hydrogens is 416 g/mol. The largest absolute Gasteiger partial charge is 0.350 e. The number of likely N-dealkylation sites (tertiary alicyclic amines) is 1. The zero-order valence-electron chi connectivity index (χ0n) is 17.0. The highest BCUT2D eigenvalue weighted by molar-refractivity contribution is 6.30. The summed E-state index contributed by atoms with van der Waals surface area (Å²) in [5.74, 6) is -0.499. The third-order valence-electron chi connectivity index (χ3n) is 5.91. The van der Waals surface area contributed by atoms with E-state index in [9.17, 15) is 14.4 Å². The molecule has 0 unspecified atom stereocenters. The van der Waals surface area contributed by atoms with Gasteiger partial charge in [-0.25, -0.2) is 4.79 Å². The molecule has 1 atom stereocenters. The fourth-order valence-corrected chi connectivity index (χ4v) is 4.41. The summed E-state index contributed by atoms with van der Waals surface area (Å²) in [4.78, 5) is 39.7. The van der Waals surface area contributed by atoms with Crippen molar-refractivity contribution in [1.82, 2.24) is 9.91 Å². The van der Waals surface area contributed by atoms with Crippen LogP contribution in [0.25, 0.3) is 0 Å². The van der Waals surface area contributed by atoms with Crippen molar-refractivity contribution in [3.8, 4) is 0 Å². The Morgan fingerprint density at radius 1 is 1.06 bits per heavy atom. The van der Waals surface area contributed by atoms with Crippen LogP contribution in [-0.4, -0.2) is 46.6 Å². The fourth-order valence-electron chi connectivity index (χ4n) is 4.28. The van der Waals surface area contributed by atoms with Crippen LogP contribution in [0, 0.1) is 5.41 Å². The van der Waals surface area contributed by atoms with Gasteiger partial charge in [-0.3, -0.25) is 9.59 Å². The Kier molecular flexibility index (Phi) is 5.78. The molecular formula is C23H23ClN4O3. The standard InChI is InChI=1S/C23H23ClN4O3/c24-18-9-6-16(7-10-18)8-11-20(29)27-13-12-19-23(15-27,14-17-4-2-1-3-5-17)21(30)28(26-19)22(25)31/h1-7,9-10H,8,11-15H2,(H2,25,31)/t23-/m0/s1. The zero-order valence-corrected chi connectivity index (χ0v) is 17.7. The van der Waals surface area contributed by atoms with Gasteiger partial charge in [-0.1, -0.05) is 54.1 Å². The van der Waals surface area contributed by atoms with Gasteiger partial charge in [-0.15, -0.1) is 5.01 Å². The van der Waals surface area contributed by atoms with Gasteiger partial charge in [0, 0.05) is 31.0 Å². The van der Waals surface area contributed by atoms with Crippen molar-refractivity contribution in [2.45, 2.75) is 25.7 Å². The average molecular weight is 439 g/mol. The Morgan fingerprint density at radius 2 is 1.77 bits per heavy atom. The molecule has 0 aliphatic carbocycles. The van der Waals surface area contributed by atoms with Crippen LogP contribution in [0.5, 0.6) is 0 Å². The molecule has 0 spiro atoms. The topological polar surface area (TPSA) is 96.1 Å². The molecule has 160 valence electrons. The Morgan fingerprint density at radius 3 is 2.45 bits per heavy atom. The molecule has 0 saturated carbocycles. The number of carbonyl (C=O) groups is 3. The van der Waals surface area contributed by atoms with Crippen molar-refractivity contribution in [1.29, 1.82) is 0 Å². The van der Waals surface area contributed by atoms with Crippen molar-refractivity contribution in [2.24, 2.45) is 16.3 Å². The highest BCUT2D eigenvalue weighted by Crippen LogP contribution is 2.38. The molecule has 2 aliphatic heterocycles. The Hall–Kier alpha value is -3.19. The molecule has 7 nitrogen and oxygen atoms in total. The van der Waals surface area contributed by atoms with E-state index in [2.05, 4.69) is 5.10 Å². The van der Waals surface area contributed by atoms with E-state index in [1.165, 1.54) is 0 Å². The molecule has 4 rings (SSSR count). The maximum absolute atomic E-state index is 13.2. The molecule has 2 aromatic carbocycles. The Bertz CT molecular complexity index is 1040. The van der Waals surface area contributed by atoms with Gasteiger partial charge in [0.1, 0.15) is 5.41 Å². The van der Waals surface area contributed by atoms with Crippen LogP contribution in [0.4, 0.5) is 4.79 Å². The van der Waals surface area contributed by atoms with E-state index in [1.54, 1.807) is 17.0 Å². The lowest BCUT2D eigenvalue weighted by Crippen LogP contribution is -2.56. The third-order valence-corrected chi connectivity index (χ3v) is 6.16. The molecule has 2 aliphatic rings. The maximum atomic E-state index is 13.2. The molecule has 0 bridgehead atoms. The second-order valence-corrected chi connectivity index (χ2v) is 8.37. The van der Waals surface area contributed by atoms with Crippen LogP contribution in [0.15, 0.2) is 59.7 Å². The molecule has 1 fully saturated rings. The van der Waals surface area contributed by atoms with Gasteiger partial charge in [-0.05, 0) is 36.1 Å². The maximum Gasteiger partial charge on any atom is 0.342 e. The number of hydrogen-bond donors (Lipinski definition) is 1. The van der Waals surface area contributed by atoms with E-state index in [-0.39, 0.29) is 12.5 Å². The summed E-state index contributed by atoms with van der Waals surface area (Å²) in [7, 11) is 0. The number of nitrogens with two attached hydrogens (primary N) is 1. The average Bonchev–Trinajstić information content (AvgIpc) is 3.05. The monoisotopic (exact) mass is 438 g/mol. The minimum Gasteiger partial charge on any atom is -0.350 e. The van der Waals surface area contributed by atoms with E-state index < -0.39 is 17.4 Å². The number of hydrazone groups is 1. The van der Waals surface area contributed by atoms with Crippen molar-refractivity contribution >= 4 is 35.2 Å². The molecule has 0 aromatic heterocycles. The Labute approximate surface area is 185 Å². The number of fused-ring (bicyclic) bond motifs is 1. The fraction of sp³-hybridized carbons (Fsp3) is 0.304. The lowest BCUT2D eigenvalue weighted by atomic mass is 9.73.